The van der Waals surface area contributed by atoms with Crippen molar-refractivity contribution in [2.45, 2.75) is 18.5 Å². The Labute approximate surface area is 160 Å². The van der Waals surface area contributed by atoms with Gasteiger partial charge < -0.3 is 24.5 Å². The Bertz CT molecular complexity index is 1150. The molecule has 0 bridgehead atoms. The van der Waals surface area contributed by atoms with E-state index < -0.39 is 18.1 Å². The molecule has 0 aliphatic carbocycles. The number of aliphatic carboxylic acids is 1. The van der Waals surface area contributed by atoms with E-state index in [-0.39, 0.29) is 12.3 Å². The number of benzene rings is 2. The molecule has 5 rings (SSSR count). The average molecular weight is 378 g/mol. The van der Waals surface area contributed by atoms with Gasteiger partial charge in [0.15, 0.2) is 11.5 Å². The third-order valence-electron chi connectivity index (χ3n) is 5.74. The number of carbonyl (C=O) groups is 2. The molecule has 2 aromatic carbocycles. The molecule has 0 unspecified atom stereocenters. The molecule has 28 heavy (non-hydrogen) atoms. The van der Waals surface area contributed by atoms with Crippen molar-refractivity contribution in [3.63, 3.8) is 0 Å². The third kappa shape index (κ3) is 1.98. The molecule has 2 aliphatic heterocycles. The molecule has 142 valence electrons. The van der Waals surface area contributed by atoms with Crippen molar-refractivity contribution in [2.24, 2.45) is 0 Å². The number of aromatic nitrogens is 1. The van der Waals surface area contributed by atoms with E-state index in [1.807, 2.05) is 30.3 Å². The molecule has 1 amide bonds. The summed E-state index contributed by atoms with van der Waals surface area (Å²) in [6.07, 6.45) is 0.254. The van der Waals surface area contributed by atoms with Gasteiger partial charge in [0.25, 0.3) is 5.91 Å². The molecule has 0 radical (unpaired) electrons. The molecule has 2 N–H and O–H groups in total. The van der Waals surface area contributed by atoms with Crippen LogP contribution in [0, 0.1) is 0 Å². The molecule has 0 fully saturated rings. The molecule has 2 aliphatic rings. The standard InChI is InChI=1S/C21H18N2O5/c1-27-15-8-7-11-16(19(15)28-2)20(24)23-14(21(25)26)9-12-10-5-3-4-6-13(10)22-17(12)18(11)23/h3-8,14,18,22H,9H2,1-2H3,(H,25,26)/t14-,18-/m1/s1. The lowest BCUT2D eigenvalue weighted by Gasteiger charge is -2.35. The predicted octanol–water partition coefficient (Wildman–Crippen LogP) is 2.74. The second-order valence-electron chi connectivity index (χ2n) is 7.00. The smallest absolute Gasteiger partial charge is 0.326 e. The van der Waals surface area contributed by atoms with Crippen LogP contribution in [0.5, 0.6) is 11.5 Å². The Balaban J connectivity index is 1.82. The first-order valence-corrected chi connectivity index (χ1v) is 8.96. The molecular weight excluding hydrogens is 360 g/mol. The van der Waals surface area contributed by atoms with Gasteiger partial charge in [-0.15, -0.1) is 0 Å². The molecule has 0 saturated heterocycles. The number of aromatic amines is 1. The first-order chi connectivity index (χ1) is 13.6. The summed E-state index contributed by atoms with van der Waals surface area (Å²) >= 11 is 0. The van der Waals surface area contributed by atoms with Crippen LogP contribution in [0.15, 0.2) is 36.4 Å². The molecule has 0 spiro atoms. The first kappa shape index (κ1) is 16.7. The molecule has 2 atom stereocenters. The summed E-state index contributed by atoms with van der Waals surface area (Å²) in [6.45, 7) is 0. The van der Waals surface area contributed by atoms with Gasteiger partial charge in [-0.2, -0.15) is 0 Å². The number of ether oxygens (including phenoxy) is 2. The second kappa shape index (κ2) is 5.76. The minimum atomic E-state index is -1.02. The summed E-state index contributed by atoms with van der Waals surface area (Å²) < 4.78 is 10.8. The van der Waals surface area contributed by atoms with Crippen LogP contribution in [0.3, 0.4) is 0 Å². The summed E-state index contributed by atoms with van der Waals surface area (Å²) in [5.74, 6) is -0.597. The Kier molecular flexibility index (Phi) is 3.43. The molecule has 1 aromatic heterocycles. The van der Waals surface area contributed by atoms with Crippen molar-refractivity contribution in [2.75, 3.05) is 14.2 Å². The molecular formula is C21H18N2O5. The normalized spacial score (nSPS) is 19.9. The number of hydrogen-bond donors (Lipinski definition) is 2. The lowest BCUT2D eigenvalue weighted by molar-refractivity contribution is -0.143. The van der Waals surface area contributed by atoms with Crippen molar-refractivity contribution in [3.8, 4) is 11.5 Å². The zero-order valence-electron chi connectivity index (χ0n) is 15.4. The minimum absolute atomic E-state index is 0.254. The van der Waals surface area contributed by atoms with Gasteiger partial charge in [-0.25, -0.2) is 4.79 Å². The van der Waals surface area contributed by atoms with Gasteiger partial charge in [0.05, 0.1) is 25.8 Å². The van der Waals surface area contributed by atoms with Crippen molar-refractivity contribution in [1.82, 2.24) is 9.88 Å². The first-order valence-electron chi connectivity index (χ1n) is 8.96. The van der Waals surface area contributed by atoms with Crippen molar-refractivity contribution in [3.05, 3.63) is 58.8 Å². The number of carboxylic acids is 1. The molecule has 3 heterocycles. The van der Waals surface area contributed by atoms with Crippen LogP contribution >= 0.6 is 0 Å². The summed E-state index contributed by atoms with van der Waals surface area (Å²) in [5.41, 5.74) is 3.82. The number of hydrogen-bond acceptors (Lipinski definition) is 4. The van der Waals surface area contributed by atoms with E-state index in [1.54, 1.807) is 6.07 Å². The summed E-state index contributed by atoms with van der Waals surface area (Å²) in [4.78, 5) is 30.3. The van der Waals surface area contributed by atoms with Crippen molar-refractivity contribution in [1.29, 1.82) is 0 Å². The van der Waals surface area contributed by atoms with Gasteiger partial charge in [-0.3, -0.25) is 4.79 Å². The van der Waals surface area contributed by atoms with Crippen LogP contribution < -0.4 is 9.47 Å². The Morgan fingerprint density at radius 1 is 1.18 bits per heavy atom. The monoisotopic (exact) mass is 378 g/mol. The van der Waals surface area contributed by atoms with E-state index in [2.05, 4.69) is 4.98 Å². The number of rotatable bonds is 3. The summed E-state index contributed by atoms with van der Waals surface area (Å²) in [5, 5.41) is 10.9. The average Bonchev–Trinajstić information content (AvgIpc) is 3.22. The number of nitrogens with one attached hydrogen (secondary N) is 1. The second-order valence-corrected chi connectivity index (χ2v) is 7.00. The van der Waals surface area contributed by atoms with E-state index in [0.29, 0.717) is 17.1 Å². The van der Waals surface area contributed by atoms with E-state index in [0.717, 1.165) is 27.7 Å². The maximum absolute atomic E-state index is 13.3. The van der Waals surface area contributed by atoms with E-state index in [9.17, 15) is 14.7 Å². The number of carboxylic acid groups (broad SMARTS) is 1. The maximum atomic E-state index is 13.3. The fraction of sp³-hybridized carbons (Fsp3) is 0.238. The highest BCUT2D eigenvalue weighted by Crippen LogP contribution is 2.50. The fourth-order valence-corrected chi connectivity index (χ4v) is 4.58. The topological polar surface area (TPSA) is 91.9 Å². The number of amides is 1. The quantitative estimate of drug-likeness (QED) is 0.731. The number of para-hydroxylation sites is 1. The molecule has 0 saturated carbocycles. The van der Waals surface area contributed by atoms with E-state index >= 15 is 0 Å². The number of H-pyrrole nitrogens is 1. The van der Waals surface area contributed by atoms with Crippen molar-refractivity contribution >= 4 is 22.8 Å². The predicted molar refractivity (Wildman–Crippen MR) is 101 cm³/mol. The number of fused-ring (bicyclic) bond motifs is 7. The lowest BCUT2D eigenvalue weighted by Crippen LogP contribution is -2.48. The van der Waals surface area contributed by atoms with E-state index in [1.165, 1.54) is 19.1 Å². The largest absolute Gasteiger partial charge is 0.493 e. The molecule has 3 aromatic rings. The van der Waals surface area contributed by atoms with Crippen LogP contribution in [-0.2, 0) is 11.2 Å². The fourth-order valence-electron chi connectivity index (χ4n) is 4.58. The number of nitrogens with zero attached hydrogens (tertiary/aromatic N) is 1. The SMILES string of the molecule is COc1ccc2c(c1OC)C(=O)N1[C@H]2c2[nH]c3ccccc3c2C[C@@H]1C(=O)O. The molecule has 7 nitrogen and oxygen atoms in total. The maximum Gasteiger partial charge on any atom is 0.326 e. The number of carbonyl (C=O) groups excluding carboxylic acids is 1. The lowest BCUT2D eigenvalue weighted by atomic mass is 9.90. The van der Waals surface area contributed by atoms with Crippen LogP contribution in [0.2, 0.25) is 0 Å². The summed E-state index contributed by atoms with van der Waals surface area (Å²) in [6, 6.07) is 9.91. The van der Waals surface area contributed by atoms with Gasteiger partial charge in [0.2, 0.25) is 0 Å². The third-order valence-corrected chi connectivity index (χ3v) is 5.74. The van der Waals surface area contributed by atoms with Crippen LogP contribution in [0.1, 0.15) is 33.2 Å². The van der Waals surface area contributed by atoms with Crippen molar-refractivity contribution < 1.29 is 24.2 Å². The highest BCUT2D eigenvalue weighted by atomic mass is 16.5. The highest BCUT2D eigenvalue weighted by Gasteiger charge is 2.50. The van der Waals surface area contributed by atoms with E-state index in [4.69, 9.17) is 9.47 Å². The van der Waals surface area contributed by atoms with Gasteiger partial charge in [0, 0.05) is 23.0 Å². The zero-order chi connectivity index (χ0) is 19.6. The van der Waals surface area contributed by atoms with Crippen LogP contribution in [0.25, 0.3) is 10.9 Å². The molecule has 7 heteroatoms. The Hall–Kier alpha value is -3.48. The van der Waals surface area contributed by atoms with Gasteiger partial charge in [-0.1, -0.05) is 24.3 Å². The van der Waals surface area contributed by atoms with Gasteiger partial charge >= 0.3 is 5.97 Å². The Morgan fingerprint density at radius 2 is 1.96 bits per heavy atom. The zero-order valence-corrected chi connectivity index (χ0v) is 15.4. The number of methoxy groups -OCH3 is 2. The van der Waals surface area contributed by atoms with Gasteiger partial charge in [-0.05, 0) is 23.3 Å². The van der Waals surface area contributed by atoms with Crippen LogP contribution in [-0.4, -0.2) is 47.1 Å². The Morgan fingerprint density at radius 3 is 2.68 bits per heavy atom. The minimum Gasteiger partial charge on any atom is -0.493 e. The van der Waals surface area contributed by atoms with Gasteiger partial charge in [0.1, 0.15) is 6.04 Å². The highest BCUT2D eigenvalue weighted by molar-refractivity contribution is 6.05. The summed E-state index contributed by atoms with van der Waals surface area (Å²) in [7, 11) is 2.98. The van der Waals surface area contributed by atoms with Crippen LogP contribution in [0.4, 0.5) is 0 Å².